The second kappa shape index (κ2) is 10.2. The van der Waals surface area contributed by atoms with Crippen LogP contribution in [0.4, 0.5) is 10.1 Å². The average Bonchev–Trinajstić information content (AvgIpc) is 3.13. The average molecular weight is 684 g/mol. The largest absolute Gasteiger partial charge is 0.487 e. The molecule has 0 radical (unpaired) electrons. The SMILES string of the molecule is Cc1c(C2=N/C(=C\c3cc(I)c(OCc4cccc(F)c4)c(I)c3)C(=O)O2)cccc1[N+](=O)[O-]. The molecule has 0 spiro atoms. The van der Waals surface area contributed by atoms with Gasteiger partial charge in [0.15, 0.2) is 5.70 Å². The van der Waals surface area contributed by atoms with E-state index in [-0.39, 0.29) is 29.7 Å². The van der Waals surface area contributed by atoms with E-state index < -0.39 is 10.9 Å². The molecule has 0 aromatic heterocycles. The predicted octanol–water partition coefficient (Wildman–Crippen LogP) is 6.18. The maximum Gasteiger partial charge on any atom is 0.363 e. The first-order valence-corrected chi connectivity index (χ1v) is 12.0. The molecule has 0 N–H and O–H groups in total. The van der Waals surface area contributed by atoms with Gasteiger partial charge in [-0.2, -0.15) is 0 Å². The molecule has 1 heterocycles. The fraction of sp³-hybridized carbons (Fsp3) is 0.0833. The number of nitrogens with zero attached hydrogens (tertiary/aromatic N) is 2. The Kier molecular flexibility index (Phi) is 7.26. The fourth-order valence-electron chi connectivity index (χ4n) is 3.32. The molecule has 0 saturated carbocycles. The second-order valence-electron chi connectivity index (χ2n) is 7.28. The number of carbonyl (C=O) groups excluding carboxylic acids is 1. The number of hydrogen-bond donors (Lipinski definition) is 0. The first kappa shape index (κ1) is 24.3. The number of cyclic esters (lactones) is 1. The van der Waals surface area contributed by atoms with Crippen LogP contribution in [-0.4, -0.2) is 16.8 Å². The number of nitro benzene ring substituents is 1. The van der Waals surface area contributed by atoms with Crippen molar-refractivity contribution in [2.75, 3.05) is 0 Å². The van der Waals surface area contributed by atoms with Gasteiger partial charge in [0, 0.05) is 17.2 Å². The van der Waals surface area contributed by atoms with E-state index in [1.165, 1.54) is 24.3 Å². The molecule has 0 saturated heterocycles. The Labute approximate surface area is 221 Å². The number of rotatable bonds is 6. The third kappa shape index (κ3) is 5.27. The smallest absolute Gasteiger partial charge is 0.363 e. The lowest BCUT2D eigenvalue weighted by molar-refractivity contribution is -0.385. The Morgan fingerprint density at radius 1 is 1.15 bits per heavy atom. The molecule has 7 nitrogen and oxygen atoms in total. The van der Waals surface area contributed by atoms with Gasteiger partial charge < -0.3 is 9.47 Å². The van der Waals surface area contributed by atoms with Crippen molar-refractivity contribution < 1.29 is 23.6 Å². The molecule has 3 aromatic carbocycles. The van der Waals surface area contributed by atoms with E-state index in [2.05, 4.69) is 50.2 Å². The Bertz CT molecular complexity index is 1360. The molecule has 0 unspecified atom stereocenters. The molecular weight excluding hydrogens is 669 g/mol. The summed E-state index contributed by atoms with van der Waals surface area (Å²) in [7, 11) is 0. The van der Waals surface area contributed by atoms with E-state index in [0.29, 0.717) is 28.0 Å². The number of ether oxygens (including phenoxy) is 2. The number of hydrogen-bond acceptors (Lipinski definition) is 6. The topological polar surface area (TPSA) is 91.0 Å². The van der Waals surface area contributed by atoms with Crippen molar-refractivity contribution in [3.8, 4) is 5.75 Å². The van der Waals surface area contributed by atoms with E-state index in [1.807, 2.05) is 12.1 Å². The van der Waals surface area contributed by atoms with Crippen LogP contribution in [0.5, 0.6) is 5.75 Å². The molecule has 0 aliphatic carbocycles. The lowest BCUT2D eigenvalue weighted by Crippen LogP contribution is -2.08. The number of benzene rings is 3. The highest BCUT2D eigenvalue weighted by molar-refractivity contribution is 14.1. The number of esters is 1. The van der Waals surface area contributed by atoms with Crippen LogP contribution in [0.25, 0.3) is 6.08 Å². The highest BCUT2D eigenvalue weighted by Gasteiger charge is 2.27. The van der Waals surface area contributed by atoms with Crippen LogP contribution in [0.15, 0.2) is 65.3 Å². The van der Waals surface area contributed by atoms with Gasteiger partial charge in [0.2, 0.25) is 5.90 Å². The van der Waals surface area contributed by atoms with Crippen LogP contribution in [0.2, 0.25) is 0 Å². The number of nitro groups is 1. The quantitative estimate of drug-likeness (QED) is 0.102. The van der Waals surface area contributed by atoms with E-state index in [1.54, 1.807) is 31.2 Å². The van der Waals surface area contributed by atoms with Gasteiger partial charge in [0.05, 0.1) is 12.1 Å². The summed E-state index contributed by atoms with van der Waals surface area (Å²) in [6, 6.07) is 14.4. The summed E-state index contributed by atoms with van der Waals surface area (Å²) in [5.41, 5.74) is 2.18. The highest BCUT2D eigenvalue weighted by Crippen LogP contribution is 2.32. The van der Waals surface area contributed by atoms with Gasteiger partial charge in [-0.1, -0.05) is 18.2 Å². The Balaban J connectivity index is 1.59. The lowest BCUT2D eigenvalue weighted by atomic mass is 10.1. The van der Waals surface area contributed by atoms with Gasteiger partial charge in [-0.15, -0.1) is 0 Å². The van der Waals surface area contributed by atoms with Crippen molar-refractivity contribution in [3.63, 3.8) is 0 Å². The fourth-order valence-corrected chi connectivity index (χ4v) is 5.45. The molecule has 10 heteroatoms. The first-order chi connectivity index (χ1) is 16.2. The summed E-state index contributed by atoms with van der Waals surface area (Å²) in [4.78, 5) is 27.4. The van der Waals surface area contributed by atoms with Gasteiger partial charge in [-0.05, 0) is 99.6 Å². The zero-order valence-corrected chi connectivity index (χ0v) is 21.9. The molecule has 1 aliphatic rings. The molecule has 34 heavy (non-hydrogen) atoms. The Morgan fingerprint density at radius 2 is 1.85 bits per heavy atom. The van der Waals surface area contributed by atoms with Crippen molar-refractivity contribution >= 4 is 68.8 Å². The molecule has 1 aliphatic heterocycles. The molecule has 3 aromatic rings. The molecule has 0 fully saturated rings. The number of aliphatic imine (C=N–C) groups is 1. The van der Waals surface area contributed by atoms with Gasteiger partial charge in [0.1, 0.15) is 18.2 Å². The minimum Gasteiger partial charge on any atom is -0.487 e. The third-order valence-electron chi connectivity index (χ3n) is 4.95. The second-order valence-corrected chi connectivity index (χ2v) is 9.60. The molecule has 4 rings (SSSR count). The molecule has 0 atom stereocenters. The number of carbonyl (C=O) groups is 1. The third-order valence-corrected chi connectivity index (χ3v) is 6.55. The zero-order valence-electron chi connectivity index (χ0n) is 17.6. The van der Waals surface area contributed by atoms with E-state index >= 15 is 0 Å². The maximum atomic E-state index is 13.4. The summed E-state index contributed by atoms with van der Waals surface area (Å²) < 4.78 is 26.2. The molecular formula is C24H15FI2N2O5. The highest BCUT2D eigenvalue weighted by atomic mass is 127. The van der Waals surface area contributed by atoms with Crippen molar-refractivity contribution in [3.05, 3.63) is 106 Å². The van der Waals surface area contributed by atoms with Crippen molar-refractivity contribution in [1.29, 1.82) is 0 Å². The summed E-state index contributed by atoms with van der Waals surface area (Å²) in [6.45, 7) is 1.80. The van der Waals surface area contributed by atoms with Crippen LogP contribution in [0, 0.1) is 30.0 Å². The van der Waals surface area contributed by atoms with Gasteiger partial charge in [-0.3, -0.25) is 10.1 Å². The summed E-state index contributed by atoms with van der Waals surface area (Å²) >= 11 is 4.26. The molecule has 0 bridgehead atoms. The predicted molar refractivity (Wildman–Crippen MR) is 141 cm³/mol. The van der Waals surface area contributed by atoms with Crippen LogP contribution >= 0.6 is 45.2 Å². The van der Waals surface area contributed by atoms with Crippen LogP contribution in [0.3, 0.4) is 0 Å². The van der Waals surface area contributed by atoms with Crippen molar-refractivity contribution in [1.82, 2.24) is 0 Å². The van der Waals surface area contributed by atoms with E-state index in [9.17, 15) is 19.3 Å². The maximum absolute atomic E-state index is 13.4. The van der Waals surface area contributed by atoms with Crippen LogP contribution in [0.1, 0.15) is 22.3 Å². The first-order valence-electron chi connectivity index (χ1n) is 9.86. The van der Waals surface area contributed by atoms with Crippen molar-refractivity contribution in [2.24, 2.45) is 4.99 Å². The van der Waals surface area contributed by atoms with E-state index in [0.717, 1.165) is 7.14 Å². The van der Waals surface area contributed by atoms with Crippen molar-refractivity contribution in [2.45, 2.75) is 13.5 Å². The monoisotopic (exact) mass is 684 g/mol. The minimum atomic E-state index is -0.641. The molecule has 0 amide bonds. The van der Waals surface area contributed by atoms with Gasteiger partial charge in [0.25, 0.3) is 5.69 Å². The van der Waals surface area contributed by atoms with Gasteiger partial charge >= 0.3 is 5.97 Å². The number of halogens is 3. The van der Waals surface area contributed by atoms with Crippen LogP contribution < -0.4 is 4.74 Å². The van der Waals surface area contributed by atoms with Crippen LogP contribution in [-0.2, 0) is 16.1 Å². The van der Waals surface area contributed by atoms with E-state index in [4.69, 9.17) is 9.47 Å². The normalized spacial score (nSPS) is 14.2. The zero-order chi connectivity index (χ0) is 24.4. The minimum absolute atomic E-state index is 0.0249. The standard InChI is InChI=1S/C24H15FI2N2O5/c1-13-17(6-3-7-21(13)29(31)32)23-28-20(24(30)34-23)11-15-9-18(26)22(19(27)10-15)33-12-14-4-2-5-16(25)8-14/h2-11H,12H2,1H3/b20-11-. The summed E-state index contributed by atoms with van der Waals surface area (Å²) in [6.07, 6.45) is 1.59. The Morgan fingerprint density at radius 3 is 2.53 bits per heavy atom. The lowest BCUT2D eigenvalue weighted by Gasteiger charge is -2.11. The Hall–Kier alpha value is -2.87. The van der Waals surface area contributed by atoms with Gasteiger partial charge in [-0.25, -0.2) is 14.2 Å². The summed E-state index contributed by atoms with van der Waals surface area (Å²) in [5.74, 6) is -0.289. The molecule has 172 valence electrons. The summed E-state index contributed by atoms with van der Waals surface area (Å²) in [5, 5.41) is 11.2.